The zero-order valence-corrected chi connectivity index (χ0v) is 23.5. The number of hydrogen-bond acceptors (Lipinski definition) is 6. The minimum Gasteiger partial charge on any atom is -0.493 e. The molecule has 3 aromatic carbocycles. The summed E-state index contributed by atoms with van der Waals surface area (Å²) in [5.74, 6) is 0.771. The van der Waals surface area contributed by atoms with E-state index in [0.717, 1.165) is 16.5 Å². The topological polar surface area (TPSA) is 94.8 Å². The summed E-state index contributed by atoms with van der Waals surface area (Å²) in [5, 5.41) is 7.89. The summed E-state index contributed by atoms with van der Waals surface area (Å²) in [6.45, 7) is 3.72. The van der Waals surface area contributed by atoms with Crippen LogP contribution in [0.15, 0.2) is 69.0 Å². The van der Waals surface area contributed by atoms with E-state index >= 15 is 0 Å². The molecule has 196 valence electrons. The van der Waals surface area contributed by atoms with Crippen LogP contribution in [0.5, 0.6) is 11.5 Å². The van der Waals surface area contributed by atoms with Crippen molar-refractivity contribution in [3.63, 3.8) is 0 Å². The molecule has 0 unspecified atom stereocenters. The maximum atomic E-state index is 13.2. The van der Waals surface area contributed by atoms with Crippen LogP contribution in [0.25, 0.3) is 10.9 Å². The number of nitrogens with one attached hydrogen (secondary N) is 1. The first kappa shape index (κ1) is 27.3. The van der Waals surface area contributed by atoms with Crippen LogP contribution < -0.4 is 20.3 Å². The van der Waals surface area contributed by atoms with Gasteiger partial charge in [0.1, 0.15) is 5.82 Å². The predicted octanol–water partition coefficient (Wildman–Crippen LogP) is 5.98. The first-order valence-corrected chi connectivity index (χ1v) is 13.1. The number of carbonyl (C=O) groups excluding carboxylic acids is 1. The number of rotatable bonds is 9. The Morgan fingerprint density at radius 2 is 1.95 bits per heavy atom. The molecule has 4 rings (SSSR count). The van der Waals surface area contributed by atoms with Crippen LogP contribution in [0.3, 0.4) is 0 Å². The Morgan fingerprint density at radius 1 is 1.18 bits per heavy atom. The number of nitrogens with zero attached hydrogens (tertiary/aromatic N) is 3. The molecule has 1 amide bonds. The van der Waals surface area contributed by atoms with Gasteiger partial charge in [-0.05, 0) is 61.4 Å². The van der Waals surface area contributed by atoms with Gasteiger partial charge in [-0.25, -0.2) is 4.98 Å². The van der Waals surface area contributed by atoms with Crippen LogP contribution >= 0.6 is 27.5 Å². The van der Waals surface area contributed by atoms with Gasteiger partial charge in [-0.1, -0.05) is 52.2 Å². The number of amides is 1. The van der Waals surface area contributed by atoms with Crippen molar-refractivity contribution in [1.82, 2.24) is 9.66 Å². The highest BCUT2D eigenvalue weighted by molar-refractivity contribution is 9.10. The van der Waals surface area contributed by atoms with Crippen LogP contribution in [0.1, 0.15) is 30.3 Å². The Hall–Kier alpha value is -3.69. The van der Waals surface area contributed by atoms with E-state index in [1.165, 1.54) is 18.0 Å². The number of fused-ring (bicyclic) bond motifs is 1. The maximum absolute atomic E-state index is 13.2. The molecule has 0 aliphatic heterocycles. The van der Waals surface area contributed by atoms with Gasteiger partial charge in [0.15, 0.2) is 18.1 Å². The van der Waals surface area contributed by atoms with Crippen molar-refractivity contribution >= 4 is 56.2 Å². The van der Waals surface area contributed by atoms with Crippen molar-refractivity contribution in [1.29, 1.82) is 0 Å². The second kappa shape index (κ2) is 12.2. The van der Waals surface area contributed by atoms with Crippen LogP contribution in [-0.2, 0) is 11.2 Å². The number of aromatic nitrogens is 2. The Balaban J connectivity index is 1.57. The van der Waals surface area contributed by atoms with E-state index in [1.807, 2.05) is 44.2 Å². The average Bonchev–Trinajstić information content (AvgIpc) is 2.89. The molecular formula is C28H26BrClN4O4. The number of methoxy groups -OCH3 is 1. The molecule has 0 aliphatic carbocycles. The number of hydrogen-bond donors (Lipinski definition) is 1. The number of aryl methyl sites for hydroxylation is 2. The Bertz CT molecular complexity index is 1570. The second-order valence-corrected chi connectivity index (χ2v) is 9.86. The maximum Gasteiger partial charge on any atom is 0.282 e. The van der Waals surface area contributed by atoms with E-state index in [4.69, 9.17) is 21.1 Å². The third-order valence-corrected chi connectivity index (χ3v) is 6.38. The van der Waals surface area contributed by atoms with E-state index in [9.17, 15) is 9.59 Å². The van der Waals surface area contributed by atoms with Gasteiger partial charge in [-0.15, -0.1) is 0 Å². The molecule has 0 spiro atoms. The normalized spacial score (nSPS) is 11.2. The summed E-state index contributed by atoms with van der Waals surface area (Å²) in [6, 6.07) is 16.1. The highest BCUT2D eigenvalue weighted by Crippen LogP contribution is 2.36. The third-order valence-electron chi connectivity index (χ3n) is 5.61. The summed E-state index contributed by atoms with van der Waals surface area (Å²) in [7, 11) is 1.47. The lowest BCUT2D eigenvalue weighted by molar-refractivity contribution is -0.118. The largest absolute Gasteiger partial charge is 0.493 e. The average molecular weight is 598 g/mol. The fourth-order valence-corrected chi connectivity index (χ4v) is 4.38. The van der Waals surface area contributed by atoms with Gasteiger partial charge < -0.3 is 14.8 Å². The van der Waals surface area contributed by atoms with E-state index in [-0.39, 0.29) is 28.8 Å². The SMILES string of the molecule is CCCc1nc2ccc(Br)cc2c(=O)n1N=Cc1cc(Cl)c(OCC(=O)Nc2ccc(C)cc2)c(OC)c1. The quantitative estimate of drug-likeness (QED) is 0.240. The molecule has 0 aliphatic rings. The van der Waals surface area contributed by atoms with Crippen molar-refractivity contribution in [3.8, 4) is 11.5 Å². The molecule has 0 radical (unpaired) electrons. The molecule has 8 nitrogen and oxygen atoms in total. The number of carbonyl (C=O) groups is 1. The molecular weight excluding hydrogens is 572 g/mol. The number of halogens is 2. The summed E-state index contributed by atoms with van der Waals surface area (Å²) >= 11 is 9.89. The van der Waals surface area contributed by atoms with Crippen molar-refractivity contribution in [3.05, 3.63) is 91.4 Å². The molecule has 1 heterocycles. The van der Waals surface area contributed by atoms with Gasteiger partial charge in [0.05, 0.1) is 29.2 Å². The molecule has 0 fully saturated rings. The highest BCUT2D eigenvalue weighted by Gasteiger charge is 2.15. The molecule has 0 saturated heterocycles. The molecule has 0 saturated carbocycles. The second-order valence-electron chi connectivity index (χ2n) is 8.54. The first-order valence-electron chi connectivity index (χ1n) is 11.9. The van der Waals surface area contributed by atoms with Gasteiger partial charge >= 0.3 is 0 Å². The van der Waals surface area contributed by atoms with Crippen molar-refractivity contribution in [2.24, 2.45) is 5.10 Å². The fraction of sp³-hybridized carbons (Fsp3) is 0.214. The van der Waals surface area contributed by atoms with E-state index < -0.39 is 0 Å². The van der Waals surface area contributed by atoms with Crippen LogP contribution in [0.2, 0.25) is 5.02 Å². The summed E-state index contributed by atoms with van der Waals surface area (Å²) in [6.07, 6.45) is 2.89. The minimum atomic E-state index is -0.337. The lowest BCUT2D eigenvalue weighted by atomic mass is 10.2. The van der Waals surface area contributed by atoms with Gasteiger partial charge in [-0.2, -0.15) is 9.78 Å². The highest BCUT2D eigenvalue weighted by atomic mass is 79.9. The lowest BCUT2D eigenvalue weighted by Gasteiger charge is -2.13. The predicted molar refractivity (Wildman–Crippen MR) is 154 cm³/mol. The van der Waals surface area contributed by atoms with Crippen LogP contribution in [-0.4, -0.2) is 35.5 Å². The van der Waals surface area contributed by atoms with E-state index in [1.54, 1.807) is 24.3 Å². The first-order chi connectivity index (χ1) is 18.3. The van der Waals surface area contributed by atoms with E-state index in [2.05, 4.69) is 31.3 Å². The summed E-state index contributed by atoms with van der Waals surface area (Å²) < 4.78 is 13.2. The zero-order chi connectivity index (χ0) is 27.2. The van der Waals surface area contributed by atoms with Crippen LogP contribution in [0.4, 0.5) is 5.69 Å². The number of anilines is 1. The Labute approximate surface area is 233 Å². The number of benzene rings is 3. The summed E-state index contributed by atoms with van der Waals surface area (Å²) in [5.41, 5.74) is 2.68. The molecule has 0 atom stereocenters. The van der Waals surface area contributed by atoms with E-state index in [0.29, 0.717) is 40.1 Å². The molecule has 10 heteroatoms. The van der Waals surface area contributed by atoms with Crippen molar-refractivity contribution < 1.29 is 14.3 Å². The van der Waals surface area contributed by atoms with Gasteiger partial charge in [-0.3, -0.25) is 9.59 Å². The Morgan fingerprint density at radius 3 is 2.66 bits per heavy atom. The number of ether oxygens (including phenoxy) is 2. The van der Waals surface area contributed by atoms with Gasteiger partial charge in [0.25, 0.3) is 11.5 Å². The fourth-order valence-electron chi connectivity index (χ4n) is 3.75. The third kappa shape index (κ3) is 6.41. The van der Waals surface area contributed by atoms with Gasteiger partial charge in [0.2, 0.25) is 0 Å². The molecule has 0 bridgehead atoms. The van der Waals surface area contributed by atoms with Crippen molar-refractivity contribution in [2.45, 2.75) is 26.7 Å². The van der Waals surface area contributed by atoms with Crippen molar-refractivity contribution in [2.75, 3.05) is 19.0 Å². The van der Waals surface area contributed by atoms with Gasteiger partial charge in [0, 0.05) is 16.6 Å². The molecule has 1 N–H and O–H groups in total. The monoisotopic (exact) mass is 596 g/mol. The summed E-state index contributed by atoms with van der Waals surface area (Å²) in [4.78, 5) is 30.2. The minimum absolute atomic E-state index is 0.228. The van der Waals surface area contributed by atoms with Crippen LogP contribution in [0, 0.1) is 6.92 Å². The Kier molecular flexibility index (Phi) is 8.81. The smallest absolute Gasteiger partial charge is 0.282 e. The molecule has 4 aromatic rings. The standard InChI is InChI=1S/C28H26BrClN4O4/c1-4-5-25-33-23-11-8-19(29)14-21(23)28(36)34(25)31-15-18-12-22(30)27(24(13-18)37-3)38-16-26(35)32-20-9-6-17(2)7-10-20/h6-15H,4-5,16H2,1-3H3,(H,32,35). The lowest BCUT2D eigenvalue weighted by Crippen LogP contribution is -2.22. The zero-order valence-electron chi connectivity index (χ0n) is 21.1. The molecule has 38 heavy (non-hydrogen) atoms. The molecule has 1 aromatic heterocycles.